The van der Waals surface area contributed by atoms with Gasteiger partial charge in [0.25, 0.3) is 0 Å². The molecule has 2 heteroatoms. The Labute approximate surface area is 242 Å². The van der Waals surface area contributed by atoms with E-state index < -0.39 is 0 Å². The highest BCUT2D eigenvalue weighted by Gasteiger charge is 2.24. The molecule has 206 valence electrons. The molecule has 0 fully saturated rings. The lowest BCUT2D eigenvalue weighted by atomic mass is 9.87. The normalized spacial score (nSPS) is 12.3. The first-order valence-electron chi connectivity index (χ1n) is 14.3. The molecule has 0 aliphatic heterocycles. The fourth-order valence-electron chi connectivity index (χ4n) is 6.48. The van der Waals surface area contributed by atoms with Crippen LogP contribution in [0.5, 0.6) is 0 Å². The minimum Gasteiger partial charge on any atom is -0.246 e. The molecular weight excluding hydrogens is 484 g/mol. The molecule has 0 amide bonds. The van der Waals surface area contributed by atoms with Gasteiger partial charge in [-0.2, -0.15) is 0 Å². The van der Waals surface area contributed by atoms with Gasteiger partial charge in [0, 0.05) is 11.1 Å². The first kappa shape index (κ1) is 29.2. The standard InChI is InChI=1S/C38H44N2/c1-21-13-25(5)33(26(6)14-21)37(39-35-29(9)17-23(3)18-30(35)10)38(34-27(7)15-22(2)16-28(34)8)40-36-31(11)19-24(4)20-32(36)12/h13-20H,1-12H3. The molecule has 0 saturated carbocycles. The van der Waals surface area contributed by atoms with Crippen LogP contribution in [-0.4, -0.2) is 11.4 Å². The molecular formula is C38H44N2. The summed E-state index contributed by atoms with van der Waals surface area (Å²) in [6.45, 7) is 26.1. The van der Waals surface area contributed by atoms with Crippen molar-refractivity contribution < 1.29 is 0 Å². The van der Waals surface area contributed by atoms with Crippen LogP contribution in [0.3, 0.4) is 0 Å². The van der Waals surface area contributed by atoms with E-state index in [9.17, 15) is 0 Å². The lowest BCUT2D eigenvalue weighted by Gasteiger charge is -2.21. The first-order valence-corrected chi connectivity index (χ1v) is 14.3. The van der Waals surface area contributed by atoms with Crippen LogP contribution in [0.15, 0.2) is 58.5 Å². The maximum absolute atomic E-state index is 5.56. The van der Waals surface area contributed by atoms with Crippen LogP contribution in [0, 0.1) is 83.1 Å². The highest BCUT2D eigenvalue weighted by molar-refractivity contribution is 6.55. The van der Waals surface area contributed by atoms with E-state index in [2.05, 4.69) is 132 Å². The Kier molecular flexibility index (Phi) is 8.30. The van der Waals surface area contributed by atoms with Crippen molar-refractivity contribution in [2.24, 2.45) is 9.98 Å². The molecule has 4 aromatic carbocycles. The van der Waals surface area contributed by atoms with Crippen molar-refractivity contribution in [2.75, 3.05) is 0 Å². The summed E-state index contributed by atoms with van der Waals surface area (Å²) >= 11 is 0. The highest BCUT2D eigenvalue weighted by atomic mass is 14.8. The minimum absolute atomic E-state index is 0.930. The molecule has 0 aliphatic carbocycles. The highest BCUT2D eigenvalue weighted by Crippen LogP contribution is 2.33. The maximum Gasteiger partial charge on any atom is 0.0977 e. The van der Waals surface area contributed by atoms with Gasteiger partial charge in [0.05, 0.1) is 22.8 Å². The zero-order valence-electron chi connectivity index (χ0n) is 26.5. The lowest BCUT2D eigenvalue weighted by Crippen LogP contribution is -2.22. The number of hydrogen-bond acceptors (Lipinski definition) is 2. The largest absolute Gasteiger partial charge is 0.246 e. The van der Waals surface area contributed by atoms with Crippen molar-refractivity contribution in [3.05, 3.63) is 126 Å². The summed E-state index contributed by atoms with van der Waals surface area (Å²) in [5.74, 6) is 0. The molecule has 0 radical (unpaired) electrons. The number of benzene rings is 4. The molecule has 2 nitrogen and oxygen atoms in total. The van der Waals surface area contributed by atoms with Crippen LogP contribution in [0.1, 0.15) is 77.9 Å². The van der Waals surface area contributed by atoms with Gasteiger partial charge in [0.2, 0.25) is 0 Å². The molecule has 40 heavy (non-hydrogen) atoms. The predicted molar refractivity (Wildman–Crippen MR) is 175 cm³/mol. The predicted octanol–water partition coefficient (Wildman–Crippen LogP) is 10.3. The van der Waals surface area contributed by atoms with Crippen molar-refractivity contribution in [1.82, 2.24) is 0 Å². The molecule has 0 bridgehead atoms. The number of rotatable bonds is 5. The van der Waals surface area contributed by atoms with E-state index in [1.807, 2.05) is 0 Å². The molecule has 4 rings (SSSR count). The number of aryl methyl sites for hydroxylation is 12. The van der Waals surface area contributed by atoms with Crippen LogP contribution >= 0.6 is 0 Å². The van der Waals surface area contributed by atoms with E-state index in [1.54, 1.807) is 0 Å². The van der Waals surface area contributed by atoms with Crippen molar-refractivity contribution in [3.8, 4) is 0 Å². The van der Waals surface area contributed by atoms with Crippen molar-refractivity contribution in [2.45, 2.75) is 83.1 Å². The Morgan fingerprint density at radius 3 is 0.750 bits per heavy atom. The second-order valence-electron chi connectivity index (χ2n) is 12.0. The summed E-state index contributed by atoms with van der Waals surface area (Å²) in [7, 11) is 0. The van der Waals surface area contributed by atoms with E-state index in [0.29, 0.717) is 0 Å². The number of aliphatic imine (C=N–C) groups is 2. The van der Waals surface area contributed by atoms with Gasteiger partial charge in [-0.05, 0) is 128 Å². The molecule has 0 atom stereocenters. The second-order valence-corrected chi connectivity index (χ2v) is 12.0. The molecule has 0 spiro atoms. The fourth-order valence-corrected chi connectivity index (χ4v) is 6.48. The second kappa shape index (κ2) is 11.4. The van der Waals surface area contributed by atoms with E-state index in [1.165, 1.54) is 66.8 Å². The zero-order chi connectivity index (χ0) is 29.5. The van der Waals surface area contributed by atoms with Crippen molar-refractivity contribution in [1.29, 1.82) is 0 Å². The van der Waals surface area contributed by atoms with Crippen LogP contribution < -0.4 is 0 Å². The summed E-state index contributed by atoms with van der Waals surface area (Å²) < 4.78 is 0. The van der Waals surface area contributed by atoms with Crippen LogP contribution in [0.2, 0.25) is 0 Å². The van der Waals surface area contributed by atoms with Gasteiger partial charge < -0.3 is 0 Å². The maximum atomic E-state index is 5.56. The Morgan fingerprint density at radius 1 is 0.325 bits per heavy atom. The van der Waals surface area contributed by atoms with E-state index in [4.69, 9.17) is 9.98 Å². The Bertz CT molecular complexity index is 1480. The smallest absolute Gasteiger partial charge is 0.0977 e. The third-order valence-corrected chi connectivity index (χ3v) is 7.77. The summed E-state index contributed by atoms with van der Waals surface area (Å²) in [6.07, 6.45) is 0. The fraction of sp³-hybridized carbons (Fsp3) is 0.316. The Balaban J connectivity index is 2.23. The Hall–Kier alpha value is -3.78. The summed E-state index contributed by atoms with van der Waals surface area (Å²) in [5, 5.41) is 0. The Morgan fingerprint density at radius 2 is 0.525 bits per heavy atom. The topological polar surface area (TPSA) is 24.7 Å². The SMILES string of the molecule is Cc1cc(C)c(N=C(C(=Nc2c(C)cc(C)cc2C)c2c(C)cc(C)cc2C)c2c(C)cc(C)cc2C)c(C)c1. The zero-order valence-corrected chi connectivity index (χ0v) is 26.5. The van der Waals surface area contributed by atoms with Crippen LogP contribution in [-0.2, 0) is 0 Å². The molecule has 0 heterocycles. The number of nitrogens with zero attached hydrogens (tertiary/aromatic N) is 2. The van der Waals surface area contributed by atoms with Gasteiger partial charge in [0.1, 0.15) is 0 Å². The average Bonchev–Trinajstić information content (AvgIpc) is 2.80. The van der Waals surface area contributed by atoms with Gasteiger partial charge in [0.15, 0.2) is 0 Å². The van der Waals surface area contributed by atoms with Gasteiger partial charge in [-0.15, -0.1) is 0 Å². The molecule has 0 saturated heterocycles. The van der Waals surface area contributed by atoms with Gasteiger partial charge in [-0.3, -0.25) is 0 Å². The van der Waals surface area contributed by atoms with Gasteiger partial charge in [-0.25, -0.2) is 9.98 Å². The van der Waals surface area contributed by atoms with E-state index >= 15 is 0 Å². The van der Waals surface area contributed by atoms with Gasteiger partial charge in [-0.1, -0.05) is 70.8 Å². The third-order valence-electron chi connectivity index (χ3n) is 7.77. The lowest BCUT2D eigenvalue weighted by molar-refractivity contribution is 1.25. The monoisotopic (exact) mass is 528 g/mol. The number of hydrogen-bond donors (Lipinski definition) is 0. The van der Waals surface area contributed by atoms with E-state index in [-0.39, 0.29) is 0 Å². The van der Waals surface area contributed by atoms with Crippen molar-refractivity contribution >= 4 is 22.8 Å². The minimum atomic E-state index is 0.930. The third kappa shape index (κ3) is 5.87. The molecule has 0 aliphatic rings. The molecule has 0 aromatic heterocycles. The quantitative estimate of drug-likeness (QED) is 0.230. The first-order chi connectivity index (χ1) is 18.8. The summed E-state index contributed by atoms with van der Waals surface area (Å²) in [6, 6.07) is 18.0. The van der Waals surface area contributed by atoms with Crippen molar-refractivity contribution in [3.63, 3.8) is 0 Å². The van der Waals surface area contributed by atoms with Gasteiger partial charge >= 0.3 is 0 Å². The summed E-state index contributed by atoms with van der Waals surface area (Å²) in [4.78, 5) is 11.1. The summed E-state index contributed by atoms with van der Waals surface area (Å²) in [5.41, 5.74) is 20.8. The molecule has 0 N–H and O–H groups in total. The molecule has 4 aromatic rings. The average molecular weight is 529 g/mol. The van der Waals surface area contributed by atoms with Crippen LogP contribution in [0.25, 0.3) is 0 Å². The molecule has 0 unspecified atom stereocenters. The van der Waals surface area contributed by atoms with E-state index in [0.717, 1.165) is 33.9 Å². The van der Waals surface area contributed by atoms with Crippen LogP contribution in [0.4, 0.5) is 11.4 Å².